The third-order valence-corrected chi connectivity index (χ3v) is 9.04. The lowest BCUT2D eigenvalue weighted by Gasteiger charge is -2.29. The number of hydrogen-bond donors (Lipinski definition) is 0. The second-order valence-corrected chi connectivity index (χ2v) is 12.2. The second-order valence-electron chi connectivity index (χ2n) is 12.2. The van der Waals surface area contributed by atoms with Gasteiger partial charge in [-0.1, -0.05) is 170 Å². The van der Waals surface area contributed by atoms with Crippen molar-refractivity contribution in [3.63, 3.8) is 0 Å². The number of anilines is 3. The Hall–Kier alpha value is -6.44. The first-order chi connectivity index (χ1) is 24.3. The minimum Gasteiger partial charge on any atom is -0.310 e. The minimum absolute atomic E-state index is 1.10. The van der Waals surface area contributed by atoms with E-state index in [1.165, 1.54) is 55.6 Å². The first kappa shape index (κ1) is 29.9. The smallest absolute Gasteiger partial charge is 0.0540 e. The van der Waals surface area contributed by atoms with Gasteiger partial charge in [-0.05, 0) is 92.5 Å². The Morgan fingerprint density at radius 2 is 0.551 bits per heavy atom. The summed E-state index contributed by atoms with van der Waals surface area (Å²) >= 11 is 0. The van der Waals surface area contributed by atoms with Crippen molar-refractivity contribution in [1.82, 2.24) is 0 Å². The molecule has 0 aliphatic heterocycles. The Labute approximate surface area is 289 Å². The number of hydrogen-bond acceptors (Lipinski definition) is 1. The zero-order chi connectivity index (χ0) is 32.8. The summed E-state index contributed by atoms with van der Waals surface area (Å²) in [4.78, 5) is 2.40. The van der Waals surface area contributed by atoms with Gasteiger partial charge in [-0.15, -0.1) is 0 Å². The van der Waals surface area contributed by atoms with Crippen LogP contribution in [0.15, 0.2) is 212 Å². The number of nitrogens with zero attached hydrogens (tertiary/aromatic N) is 1. The molecule has 0 saturated carbocycles. The summed E-state index contributed by atoms with van der Waals surface area (Å²) in [6.07, 6.45) is 0. The van der Waals surface area contributed by atoms with E-state index < -0.39 is 0 Å². The van der Waals surface area contributed by atoms with E-state index in [2.05, 4.69) is 217 Å². The van der Waals surface area contributed by atoms with Gasteiger partial charge in [0.25, 0.3) is 0 Å². The lowest BCUT2D eigenvalue weighted by atomic mass is 9.97. The van der Waals surface area contributed by atoms with Crippen molar-refractivity contribution >= 4 is 17.1 Å². The summed E-state index contributed by atoms with van der Waals surface area (Å²) in [5.41, 5.74) is 15.2. The second kappa shape index (κ2) is 13.7. The fourth-order valence-electron chi connectivity index (χ4n) is 6.62. The topological polar surface area (TPSA) is 3.24 Å². The normalized spacial score (nSPS) is 10.9. The van der Waals surface area contributed by atoms with Crippen LogP contribution in [-0.2, 0) is 0 Å². The highest BCUT2D eigenvalue weighted by atomic mass is 15.1. The molecule has 0 N–H and O–H groups in total. The highest BCUT2D eigenvalue weighted by Gasteiger charge is 2.18. The molecule has 0 radical (unpaired) electrons. The van der Waals surface area contributed by atoms with Crippen LogP contribution in [0.4, 0.5) is 17.1 Å². The molecule has 1 heteroatoms. The van der Waals surface area contributed by atoms with Crippen molar-refractivity contribution in [2.45, 2.75) is 0 Å². The molecule has 0 fully saturated rings. The molecule has 8 aromatic carbocycles. The van der Waals surface area contributed by atoms with Gasteiger partial charge in [-0.2, -0.15) is 0 Å². The molecule has 49 heavy (non-hydrogen) atoms. The SMILES string of the molecule is c1ccc(-c2cccc(-c3cccc(N(c4cccc(-c5cccc(-c6ccccc6)c5)c4)c4ccccc4-c4ccccc4)c3)c2)cc1. The van der Waals surface area contributed by atoms with Crippen molar-refractivity contribution in [3.8, 4) is 55.6 Å². The summed E-state index contributed by atoms with van der Waals surface area (Å²) in [6, 6.07) is 76.0. The molecular weight excluding hydrogens is 591 g/mol. The van der Waals surface area contributed by atoms with E-state index in [0.717, 1.165) is 17.1 Å². The molecule has 0 heterocycles. The van der Waals surface area contributed by atoms with E-state index in [4.69, 9.17) is 0 Å². The molecule has 8 rings (SSSR count). The number of rotatable bonds is 8. The zero-order valence-corrected chi connectivity index (χ0v) is 27.2. The van der Waals surface area contributed by atoms with Crippen LogP contribution in [0.1, 0.15) is 0 Å². The van der Waals surface area contributed by atoms with E-state index in [0.29, 0.717) is 0 Å². The average molecular weight is 626 g/mol. The zero-order valence-electron chi connectivity index (χ0n) is 27.2. The Balaban J connectivity index is 1.26. The molecule has 0 atom stereocenters. The van der Waals surface area contributed by atoms with Crippen LogP contribution in [-0.4, -0.2) is 0 Å². The van der Waals surface area contributed by atoms with Crippen molar-refractivity contribution in [1.29, 1.82) is 0 Å². The summed E-state index contributed by atoms with van der Waals surface area (Å²) in [5, 5.41) is 0. The van der Waals surface area contributed by atoms with Gasteiger partial charge in [0.2, 0.25) is 0 Å². The molecule has 0 unspecified atom stereocenters. The Morgan fingerprint density at radius 3 is 1.02 bits per heavy atom. The maximum Gasteiger partial charge on any atom is 0.0540 e. The van der Waals surface area contributed by atoms with E-state index in [-0.39, 0.29) is 0 Å². The third-order valence-electron chi connectivity index (χ3n) is 9.04. The molecule has 0 aromatic heterocycles. The molecule has 0 amide bonds. The minimum atomic E-state index is 1.10. The Bertz CT molecular complexity index is 2200. The quantitative estimate of drug-likeness (QED) is 0.162. The molecule has 8 aromatic rings. The molecular formula is C48H35N. The molecule has 0 aliphatic rings. The average Bonchev–Trinajstić information content (AvgIpc) is 3.20. The van der Waals surface area contributed by atoms with Crippen molar-refractivity contribution < 1.29 is 0 Å². The summed E-state index contributed by atoms with van der Waals surface area (Å²) < 4.78 is 0. The van der Waals surface area contributed by atoms with E-state index in [1.54, 1.807) is 0 Å². The molecule has 0 spiro atoms. The van der Waals surface area contributed by atoms with Crippen molar-refractivity contribution in [2.75, 3.05) is 4.90 Å². The highest BCUT2D eigenvalue weighted by molar-refractivity contribution is 5.90. The predicted molar refractivity (Wildman–Crippen MR) is 208 cm³/mol. The van der Waals surface area contributed by atoms with Crippen LogP contribution in [0.25, 0.3) is 55.6 Å². The third kappa shape index (κ3) is 6.43. The monoisotopic (exact) mass is 625 g/mol. The lowest BCUT2D eigenvalue weighted by Crippen LogP contribution is -2.11. The number of benzene rings is 8. The summed E-state index contributed by atoms with van der Waals surface area (Å²) in [7, 11) is 0. The first-order valence-electron chi connectivity index (χ1n) is 16.8. The van der Waals surface area contributed by atoms with Crippen LogP contribution < -0.4 is 4.90 Å². The fraction of sp³-hybridized carbons (Fsp3) is 0. The van der Waals surface area contributed by atoms with Gasteiger partial charge < -0.3 is 4.90 Å². The van der Waals surface area contributed by atoms with Crippen LogP contribution in [0.3, 0.4) is 0 Å². The van der Waals surface area contributed by atoms with Gasteiger partial charge in [0.1, 0.15) is 0 Å². The summed E-state index contributed by atoms with van der Waals surface area (Å²) in [6.45, 7) is 0. The Morgan fingerprint density at radius 1 is 0.224 bits per heavy atom. The van der Waals surface area contributed by atoms with E-state index in [1.807, 2.05) is 0 Å². The first-order valence-corrected chi connectivity index (χ1v) is 16.8. The lowest BCUT2D eigenvalue weighted by molar-refractivity contribution is 1.28. The van der Waals surface area contributed by atoms with Gasteiger partial charge >= 0.3 is 0 Å². The molecule has 0 aliphatic carbocycles. The fourth-order valence-corrected chi connectivity index (χ4v) is 6.62. The van der Waals surface area contributed by atoms with Crippen LogP contribution in [0.5, 0.6) is 0 Å². The predicted octanol–water partition coefficient (Wildman–Crippen LogP) is 13.5. The molecule has 0 saturated heterocycles. The van der Waals surface area contributed by atoms with Gasteiger partial charge in [-0.25, -0.2) is 0 Å². The molecule has 0 bridgehead atoms. The Kier molecular flexibility index (Phi) is 8.39. The molecule has 232 valence electrons. The van der Waals surface area contributed by atoms with Crippen LogP contribution in [0.2, 0.25) is 0 Å². The van der Waals surface area contributed by atoms with Gasteiger partial charge in [0, 0.05) is 16.9 Å². The highest BCUT2D eigenvalue weighted by Crippen LogP contribution is 2.43. The van der Waals surface area contributed by atoms with Gasteiger partial charge in [-0.3, -0.25) is 0 Å². The van der Waals surface area contributed by atoms with Crippen LogP contribution in [0, 0.1) is 0 Å². The number of para-hydroxylation sites is 1. The van der Waals surface area contributed by atoms with E-state index >= 15 is 0 Å². The van der Waals surface area contributed by atoms with Gasteiger partial charge in [0.05, 0.1) is 5.69 Å². The molecule has 1 nitrogen and oxygen atoms in total. The van der Waals surface area contributed by atoms with E-state index in [9.17, 15) is 0 Å². The maximum absolute atomic E-state index is 2.40. The van der Waals surface area contributed by atoms with Crippen molar-refractivity contribution in [2.24, 2.45) is 0 Å². The maximum atomic E-state index is 2.40. The summed E-state index contributed by atoms with van der Waals surface area (Å²) in [5.74, 6) is 0. The van der Waals surface area contributed by atoms with Crippen molar-refractivity contribution in [3.05, 3.63) is 212 Å². The van der Waals surface area contributed by atoms with Crippen LogP contribution >= 0.6 is 0 Å². The van der Waals surface area contributed by atoms with Gasteiger partial charge in [0.15, 0.2) is 0 Å². The largest absolute Gasteiger partial charge is 0.310 e. The standard InChI is InChI=1S/C48H35N/c1-4-16-36(17-5-1)39-22-12-24-41(32-39)43-26-14-28-45(34-43)49(48-31-11-10-30-47(48)38-20-8-3-9-21-38)46-29-15-27-44(35-46)42-25-13-23-40(33-42)37-18-6-2-7-19-37/h1-35H.